The van der Waals surface area contributed by atoms with Gasteiger partial charge in [0.25, 0.3) is 5.56 Å². The highest BCUT2D eigenvalue weighted by atomic mass is 32.2. The number of fused-ring (bicyclic) bond motifs is 1. The van der Waals surface area contributed by atoms with E-state index in [-0.39, 0.29) is 22.9 Å². The molecule has 0 radical (unpaired) electrons. The van der Waals surface area contributed by atoms with E-state index < -0.39 is 10.0 Å². The third-order valence-electron chi connectivity index (χ3n) is 5.80. The lowest BCUT2D eigenvalue weighted by Gasteiger charge is -2.09. The Hall–Kier alpha value is -3.76. The molecule has 0 bridgehead atoms. The van der Waals surface area contributed by atoms with Crippen molar-refractivity contribution < 1.29 is 13.2 Å². The molecule has 4 rings (SSSR count). The molecule has 0 aliphatic carbocycles. The zero-order chi connectivity index (χ0) is 24.5. The van der Waals surface area contributed by atoms with E-state index in [4.69, 9.17) is 5.14 Å². The lowest BCUT2D eigenvalue weighted by atomic mass is 10.1. The Balaban J connectivity index is 1.47. The number of sulfonamides is 1. The fraction of sp³-hybridized carbons (Fsp3) is 0.208. The van der Waals surface area contributed by atoms with Crippen LogP contribution in [0.4, 0.5) is 0 Å². The molecule has 10 heteroatoms. The number of benzene rings is 2. The van der Waals surface area contributed by atoms with Gasteiger partial charge in [0.2, 0.25) is 15.9 Å². The van der Waals surface area contributed by atoms with Crippen molar-refractivity contribution in [3.8, 4) is 5.69 Å². The molecule has 0 atom stereocenters. The van der Waals surface area contributed by atoms with Crippen LogP contribution in [0.25, 0.3) is 16.7 Å². The first kappa shape index (κ1) is 23.4. The van der Waals surface area contributed by atoms with Crippen LogP contribution >= 0.6 is 0 Å². The number of aromatic nitrogens is 3. The standard InChI is InChI=1S/C24H25N5O4S/c1-16-17(2)29(19-6-4-3-5-7-19)23-22(16)24(31)28(15-27-23)14-21(30)26-13-12-18-8-10-20(11-9-18)34(25,32)33/h3-11,15H,12-14H2,1-2H3,(H,26,30)(H2,25,32,33). The van der Waals surface area contributed by atoms with Gasteiger partial charge in [-0.2, -0.15) is 0 Å². The normalized spacial score (nSPS) is 11.6. The zero-order valence-electron chi connectivity index (χ0n) is 18.9. The van der Waals surface area contributed by atoms with E-state index in [0.29, 0.717) is 24.0 Å². The number of rotatable bonds is 7. The molecule has 0 aliphatic rings. The Bertz CT molecular complexity index is 1520. The van der Waals surface area contributed by atoms with Crippen LogP contribution in [-0.2, 0) is 27.8 Å². The molecule has 0 fully saturated rings. The number of hydrogen-bond donors (Lipinski definition) is 2. The second-order valence-electron chi connectivity index (χ2n) is 8.05. The first-order valence-electron chi connectivity index (χ1n) is 10.7. The van der Waals surface area contributed by atoms with Crippen LogP contribution in [0.3, 0.4) is 0 Å². The Morgan fingerprint density at radius 2 is 1.74 bits per heavy atom. The number of nitrogens with zero attached hydrogens (tertiary/aromatic N) is 3. The predicted molar refractivity (Wildman–Crippen MR) is 129 cm³/mol. The summed E-state index contributed by atoms with van der Waals surface area (Å²) < 4.78 is 25.9. The third-order valence-corrected chi connectivity index (χ3v) is 6.73. The van der Waals surface area contributed by atoms with Crippen molar-refractivity contribution in [1.82, 2.24) is 19.4 Å². The number of amides is 1. The summed E-state index contributed by atoms with van der Waals surface area (Å²) in [6, 6.07) is 15.8. The molecule has 34 heavy (non-hydrogen) atoms. The zero-order valence-corrected chi connectivity index (χ0v) is 19.7. The van der Waals surface area contributed by atoms with Gasteiger partial charge in [-0.25, -0.2) is 18.5 Å². The summed E-state index contributed by atoms with van der Waals surface area (Å²) in [4.78, 5) is 30.1. The van der Waals surface area contributed by atoms with Crippen molar-refractivity contribution in [3.05, 3.63) is 88.1 Å². The van der Waals surface area contributed by atoms with E-state index in [0.717, 1.165) is 22.5 Å². The molecule has 0 saturated heterocycles. The summed E-state index contributed by atoms with van der Waals surface area (Å²) in [6.45, 7) is 4.00. The molecular formula is C24H25N5O4S. The number of nitrogens with two attached hydrogens (primary N) is 1. The molecule has 3 N–H and O–H groups in total. The molecule has 4 aromatic rings. The van der Waals surface area contributed by atoms with E-state index in [9.17, 15) is 18.0 Å². The second-order valence-corrected chi connectivity index (χ2v) is 9.61. The summed E-state index contributed by atoms with van der Waals surface area (Å²) in [5.41, 5.74) is 3.80. The maximum absolute atomic E-state index is 13.2. The number of carbonyl (C=O) groups excluding carboxylic acids is 1. The Kier molecular flexibility index (Phi) is 6.36. The Morgan fingerprint density at radius 1 is 1.06 bits per heavy atom. The quantitative estimate of drug-likeness (QED) is 0.418. The minimum absolute atomic E-state index is 0.0363. The fourth-order valence-corrected chi connectivity index (χ4v) is 4.41. The van der Waals surface area contributed by atoms with Crippen molar-refractivity contribution in [2.75, 3.05) is 6.54 Å². The first-order chi connectivity index (χ1) is 16.2. The number of nitrogens with one attached hydrogen (secondary N) is 1. The topological polar surface area (TPSA) is 129 Å². The smallest absolute Gasteiger partial charge is 0.263 e. The molecule has 2 aromatic heterocycles. The monoisotopic (exact) mass is 479 g/mol. The van der Waals surface area contributed by atoms with Crippen LogP contribution in [-0.4, -0.2) is 35.0 Å². The summed E-state index contributed by atoms with van der Waals surface area (Å²) in [5.74, 6) is -0.318. The highest BCUT2D eigenvalue weighted by Crippen LogP contribution is 2.24. The molecule has 2 heterocycles. The van der Waals surface area contributed by atoms with Crippen molar-refractivity contribution >= 4 is 27.0 Å². The van der Waals surface area contributed by atoms with Crippen LogP contribution < -0.4 is 16.0 Å². The largest absolute Gasteiger partial charge is 0.354 e. The van der Waals surface area contributed by atoms with Gasteiger partial charge < -0.3 is 5.32 Å². The van der Waals surface area contributed by atoms with Crippen LogP contribution in [0.5, 0.6) is 0 Å². The van der Waals surface area contributed by atoms with Gasteiger partial charge >= 0.3 is 0 Å². The van der Waals surface area contributed by atoms with Crippen LogP contribution in [0, 0.1) is 13.8 Å². The van der Waals surface area contributed by atoms with E-state index in [1.807, 2.05) is 48.7 Å². The van der Waals surface area contributed by atoms with Crippen molar-refractivity contribution in [1.29, 1.82) is 0 Å². The molecule has 2 aromatic carbocycles. The van der Waals surface area contributed by atoms with Crippen LogP contribution in [0.1, 0.15) is 16.8 Å². The molecule has 0 spiro atoms. The summed E-state index contributed by atoms with van der Waals surface area (Å²) >= 11 is 0. The summed E-state index contributed by atoms with van der Waals surface area (Å²) in [6.07, 6.45) is 1.90. The Labute approximate surface area is 196 Å². The van der Waals surface area contributed by atoms with Gasteiger partial charge in [-0.05, 0) is 55.7 Å². The molecule has 9 nitrogen and oxygen atoms in total. The summed E-state index contributed by atoms with van der Waals surface area (Å²) in [7, 11) is -3.74. The molecule has 1 amide bonds. The second kappa shape index (κ2) is 9.24. The van der Waals surface area contributed by atoms with Gasteiger partial charge in [-0.1, -0.05) is 30.3 Å². The van der Waals surface area contributed by atoms with Gasteiger partial charge in [-0.3, -0.25) is 18.7 Å². The number of carbonyl (C=O) groups is 1. The van der Waals surface area contributed by atoms with Gasteiger partial charge in [0.1, 0.15) is 12.9 Å². The Morgan fingerprint density at radius 3 is 2.38 bits per heavy atom. The maximum Gasteiger partial charge on any atom is 0.263 e. The molecule has 0 unspecified atom stereocenters. The van der Waals surface area contributed by atoms with Gasteiger partial charge in [0.05, 0.1) is 10.3 Å². The van der Waals surface area contributed by atoms with E-state index in [1.165, 1.54) is 23.0 Å². The molecule has 0 aliphatic heterocycles. The molecule has 0 saturated carbocycles. The average Bonchev–Trinajstić information content (AvgIpc) is 3.06. The van der Waals surface area contributed by atoms with E-state index in [2.05, 4.69) is 10.3 Å². The third kappa shape index (κ3) is 4.63. The minimum Gasteiger partial charge on any atom is -0.354 e. The lowest BCUT2D eigenvalue weighted by Crippen LogP contribution is -2.33. The van der Waals surface area contributed by atoms with Crippen molar-refractivity contribution in [2.45, 2.75) is 31.7 Å². The predicted octanol–water partition coefficient (Wildman–Crippen LogP) is 1.81. The van der Waals surface area contributed by atoms with Crippen LogP contribution in [0.2, 0.25) is 0 Å². The molecular weight excluding hydrogens is 454 g/mol. The van der Waals surface area contributed by atoms with Crippen molar-refractivity contribution in [2.24, 2.45) is 5.14 Å². The van der Waals surface area contributed by atoms with E-state index in [1.54, 1.807) is 12.1 Å². The average molecular weight is 480 g/mol. The number of hydrogen-bond acceptors (Lipinski definition) is 5. The van der Waals surface area contributed by atoms with E-state index >= 15 is 0 Å². The van der Waals surface area contributed by atoms with Crippen molar-refractivity contribution in [3.63, 3.8) is 0 Å². The summed E-state index contributed by atoms with van der Waals surface area (Å²) in [5, 5.41) is 8.37. The fourth-order valence-electron chi connectivity index (χ4n) is 3.89. The molecule has 176 valence electrons. The van der Waals surface area contributed by atoms with Gasteiger partial charge in [0.15, 0.2) is 5.65 Å². The number of primary sulfonamides is 1. The lowest BCUT2D eigenvalue weighted by molar-refractivity contribution is -0.121. The van der Waals surface area contributed by atoms with Gasteiger partial charge in [-0.15, -0.1) is 0 Å². The number of aryl methyl sites for hydroxylation is 1. The highest BCUT2D eigenvalue weighted by molar-refractivity contribution is 7.89. The SMILES string of the molecule is Cc1c(C)n(-c2ccccc2)c2ncn(CC(=O)NCCc3ccc(S(N)(=O)=O)cc3)c(=O)c12. The highest BCUT2D eigenvalue weighted by Gasteiger charge is 2.18. The van der Waals surface area contributed by atoms with Crippen LogP contribution in [0.15, 0.2) is 70.6 Å². The maximum atomic E-state index is 13.2. The van der Waals surface area contributed by atoms with Gasteiger partial charge in [0, 0.05) is 17.9 Å². The first-order valence-corrected chi connectivity index (χ1v) is 12.2. The number of para-hydroxylation sites is 1. The minimum atomic E-state index is -3.74.